The van der Waals surface area contributed by atoms with E-state index in [0.29, 0.717) is 17.0 Å². The van der Waals surface area contributed by atoms with Gasteiger partial charge in [0.2, 0.25) is 5.91 Å². The van der Waals surface area contributed by atoms with Crippen LogP contribution in [0.5, 0.6) is 11.5 Å². The largest absolute Gasteiger partial charge is 0.508 e. The van der Waals surface area contributed by atoms with Gasteiger partial charge in [0.25, 0.3) is 5.91 Å². The first-order valence-corrected chi connectivity index (χ1v) is 11.2. The summed E-state index contributed by atoms with van der Waals surface area (Å²) >= 11 is 0. The van der Waals surface area contributed by atoms with Gasteiger partial charge in [-0.15, -0.1) is 0 Å². The molecular weight excluding hydrogens is 450 g/mol. The summed E-state index contributed by atoms with van der Waals surface area (Å²) < 4.78 is 10.4. The number of nitrogens with zero attached hydrogens (tertiary/aromatic N) is 1. The quantitative estimate of drug-likeness (QED) is 0.540. The number of ether oxygens (including phenoxy) is 2. The molecule has 0 aromatic heterocycles. The zero-order valence-corrected chi connectivity index (χ0v) is 21.3. The summed E-state index contributed by atoms with van der Waals surface area (Å²) in [6.07, 6.45) is -0.740. The summed E-state index contributed by atoms with van der Waals surface area (Å²) in [4.78, 5) is 40.5. The highest BCUT2D eigenvalue weighted by atomic mass is 16.6. The molecule has 3 amide bonds. The maximum atomic E-state index is 13.6. The van der Waals surface area contributed by atoms with Crippen LogP contribution in [0.1, 0.15) is 53.1 Å². The molecule has 35 heavy (non-hydrogen) atoms. The average Bonchev–Trinajstić information content (AvgIpc) is 2.74. The molecular formula is C26H35N3O6. The van der Waals surface area contributed by atoms with Crippen molar-refractivity contribution in [3.05, 3.63) is 54.1 Å². The molecule has 0 aliphatic rings. The second-order valence-electron chi connectivity index (χ2n) is 10.0. The monoisotopic (exact) mass is 485 g/mol. The van der Waals surface area contributed by atoms with Crippen LogP contribution in [-0.4, -0.2) is 52.7 Å². The third-order valence-corrected chi connectivity index (χ3v) is 4.82. The van der Waals surface area contributed by atoms with E-state index >= 15 is 0 Å². The number of alkyl carbamates (subject to hydrolysis) is 1. The van der Waals surface area contributed by atoms with Crippen molar-refractivity contribution in [1.29, 1.82) is 0 Å². The Labute approximate surface area is 206 Å². The fourth-order valence-corrected chi connectivity index (χ4v) is 3.45. The number of phenols is 1. The maximum Gasteiger partial charge on any atom is 0.408 e. The minimum atomic E-state index is -1.10. The third kappa shape index (κ3) is 8.20. The lowest BCUT2D eigenvalue weighted by Crippen LogP contribution is -2.54. The summed E-state index contributed by atoms with van der Waals surface area (Å²) in [6, 6.07) is 11.9. The Hall–Kier alpha value is -3.75. The van der Waals surface area contributed by atoms with Crippen LogP contribution in [0.15, 0.2) is 48.5 Å². The zero-order valence-electron chi connectivity index (χ0n) is 21.3. The van der Waals surface area contributed by atoms with E-state index in [4.69, 9.17) is 9.47 Å². The Kier molecular flexibility index (Phi) is 8.73. The van der Waals surface area contributed by atoms with E-state index in [1.54, 1.807) is 85.1 Å². The van der Waals surface area contributed by atoms with Crippen molar-refractivity contribution in [1.82, 2.24) is 10.2 Å². The van der Waals surface area contributed by atoms with Crippen LogP contribution >= 0.6 is 0 Å². The molecule has 0 radical (unpaired) electrons. The SMILES string of the molecule is COc1ccc(NC(=O)C(c2cccc(O)c2)N(C(=O)CNC(=O)OC(C)(C)C)C(C)(C)C)cc1. The molecule has 9 heteroatoms. The predicted molar refractivity (Wildman–Crippen MR) is 133 cm³/mol. The van der Waals surface area contributed by atoms with Crippen LogP contribution in [0.3, 0.4) is 0 Å². The van der Waals surface area contributed by atoms with Crippen molar-refractivity contribution >= 4 is 23.6 Å². The summed E-state index contributed by atoms with van der Waals surface area (Å²) in [5.41, 5.74) is -0.620. The van der Waals surface area contributed by atoms with Crippen molar-refractivity contribution in [2.24, 2.45) is 0 Å². The standard InChI is InChI=1S/C26H35N3O6/c1-25(2,3)29(21(31)16-27-24(33)35-26(4,5)6)22(17-9-8-10-19(30)15-17)23(32)28-18-11-13-20(34-7)14-12-18/h8-15,22,30H,16H2,1-7H3,(H,27,33)(H,28,32). The molecule has 2 aromatic carbocycles. The zero-order chi connectivity index (χ0) is 26.4. The van der Waals surface area contributed by atoms with Crippen molar-refractivity contribution in [2.75, 3.05) is 19.0 Å². The minimum absolute atomic E-state index is 0.0436. The van der Waals surface area contributed by atoms with E-state index in [0.717, 1.165) is 0 Å². The van der Waals surface area contributed by atoms with E-state index in [-0.39, 0.29) is 12.3 Å². The van der Waals surface area contributed by atoms with Crippen molar-refractivity contribution < 1.29 is 29.0 Å². The Morgan fingerprint density at radius 3 is 2.14 bits per heavy atom. The Morgan fingerprint density at radius 1 is 1.00 bits per heavy atom. The number of hydrogen-bond donors (Lipinski definition) is 3. The summed E-state index contributed by atoms with van der Waals surface area (Å²) in [7, 11) is 1.55. The highest BCUT2D eigenvalue weighted by molar-refractivity contribution is 5.98. The fraction of sp³-hybridized carbons (Fsp3) is 0.423. The number of carbonyl (C=O) groups is 3. The first-order chi connectivity index (χ1) is 16.2. The highest BCUT2D eigenvalue weighted by Gasteiger charge is 2.38. The van der Waals surface area contributed by atoms with Gasteiger partial charge in [-0.25, -0.2) is 4.79 Å². The highest BCUT2D eigenvalue weighted by Crippen LogP contribution is 2.32. The van der Waals surface area contributed by atoms with Crippen LogP contribution in [0, 0.1) is 0 Å². The van der Waals surface area contributed by atoms with Gasteiger partial charge in [0.1, 0.15) is 29.7 Å². The van der Waals surface area contributed by atoms with Gasteiger partial charge in [-0.05, 0) is 83.5 Å². The van der Waals surface area contributed by atoms with Gasteiger partial charge in [0.15, 0.2) is 0 Å². The predicted octanol–water partition coefficient (Wildman–Crippen LogP) is 4.23. The Balaban J connectivity index is 2.39. The van der Waals surface area contributed by atoms with Crippen LogP contribution in [0.2, 0.25) is 0 Å². The molecule has 0 saturated carbocycles. The molecule has 9 nitrogen and oxygen atoms in total. The smallest absolute Gasteiger partial charge is 0.408 e. The Morgan fingerprint density at radius 2 is 1.63 bits per heavy atom. The number of aromatic hydroxyl groups is 1. The summed E-state index contributed by atoms with van der Waals surface area (Å²) in [5.74, 6) is -0.395. The lowest BCUT2D eigenvalue weighted by Gasteiger charge is -2.41. The van der Waals surface area contributed by atoms with Crippen molar-refractivity contribution in [3.8, 4) is 11.5 Å². The van der Waals surface area contributed by atoms with E-state index in [1.807, 2.05) is 0 Å². The number of methoxy groups -OCH3 is 1. The molecule has 0 fully saturated rings. The molecule has 0 saturated heterocycles. The molecule has 3 N–H and O–H groups in total. The first-order valence-electron chi connectivity index (χ1n) is 11.2. The van der Waals surface area contributed by atoms with E-state index in [9.17, 15) is 19.5 Å². The second-order valence-corrected chi connectivity index (χ2v) is 10.0. The molecule has 0 aliphatic carbocycles. The lowest BCUT2D eigenvalue weighted by molar-refractivity contribution is -0.144. The molecule has 0 spiro atoms. The van der Waals surface area contributed by atoms with Crippen LogP contribution in [0.25, 0.3) is 0 Å². The number of anilines is 1. The lowest BCUT2D eigenvalue weighted by atomic mass is 9.96. The number of benzene rings is 2. The van der Waals surface area contributed by atoms with Crippen LogP contribution in [-0.2, 0) is 14.3 Å². The summed E-state index contributed by atoms with van der Waals surface area (Å²) in [6.45, 7) is 10.1. The van der Waals surface area contributed by atoms with Crippen molar-refractivity contribution in [2.45, 2.75) is 58.7 Å². The number of carbonyl (C=O) groups excluding carboxylic acids is 3. The van der Waals surface area contributed by atoms with Crippen LogP contribution in [0.4, 0.5) is 10.5 Å². The van der Waals surface area contributed by atoms with Gasteiger partial charge in [0.05, 0.1) is 7.11 Å². The van der Waals surface area contributed by atoms with Gasteiger partial charge in [0, 0.05) is 11.2 Å². The molecule has 1 unspecified atom stereocenters. The number of hydrogen-bond acceptors (Lipinski definition) is 6. The number of phenolic OH excluding ortho intramolecular Hbond substituents is 1. The number of rotatable bonds is 7. The maximum absolute atomic E-state index is 13.6. The normalized spacial score (nSPS) is 12.3. The van der Waals surface area contributed by atoms with Gasteiger partial charge in [-0.2, -0.15) is 0 Å². The second kappa shape index (κ2) is 11.1. The third-order valence-electron chi connectivity index (χ3n) is 4.82. The molecule has 0 bridgehead atoms. The topological polar surface area (TPSA) is 117 Å². The van der Waals surface area contributed by atoms with Gasteiger partial charge in [-0.3, -0.25) is 9.59 Å². The molecule has 0 heterocycles. The number of amides is 3. The molecule has 1 atom stereocenters. The van der Waals surface area contributed by atoms with Gasteiger partial charge in [-0.1, -0.05) is 12.1 Å². The first kappa shape index (κ1) is 27.5. The minimum Gasteiger partial charge on any atom is -0.508 e. The molecule has 2 rings (SSSR count). The molecule has 0 aliphatic heterocycles. The van der Waals surface area contributed by atoms with Crippen molar-refractivity contribution in [3.63, 3.8) is 0 Å². The van der Waals surface area contributed by atoms with Gasteiger partial charge >= 0.3 is 6.09 Å². The number of nitrogens with one attached hydrogen (secondary N) is 2. The van der Waals surface area contributed by atoms with Gasteiger partial charge < -0.3 is 30.1 Å². The summed E-state index contributed by atoms with van der Waals surface area (Å²) in [5, 5.41) is 15.4. The Bertz CT molecular complexity index is 1040. The fourth-order valence-electron chi connectivity index (χ4n) is 3.45. The van der Waals surface area contributed by atoms with E-state index < -0.39 is 35.1 Å². The van der Waals surface area contributed by atoms with E-state index in [1.165, 1.54) is 17.0 Å². The molecule has 2 aromatic rings. The van der Waals surface area contributed by atoms with E-state index in [2.05, 4.69) is 10.6 Å². The average molecular weight is 486 g/mol. The van der Waals surface area contributed by atoms with Crippen LogP contribution < -0.4 is 15.4 Å². The molecule has 190 valence electrons.